The fourth-order valence-corrected chi connectivity index (χ4v) is 2.75. The number of nitrogen functional groups attached to an aromatic ring is 1. The molecule has 0 fully saturated rings. The van der Waals surface area contributed by atoms with E-state index in [0.717, 1.165) is 9.37 Å². The second-order valence-electron chi connectivity index (χ2n) is 2.29. The minimum Gasteiger partial charge on any atom is -0.307 e. The molecule has 0 amide bonds. The molecule has 0 saturated carbocycles. The Kier molecular flexibility index (Phi) is 3.46. The van der Waals surface area contributed by atoms with Crippen molar-refractivity contribution in [2.45, 2.75) is 9.37 Å². The van der Waals surface area contributed by atoms with E-state index in [2.05, 4.69) is 41.5 Å². The van der Waals surface area contributed by atoms with Crippen molar-refractivity contribution in [2.24, 2.45) is 5.84 Å². The molecule has 0 unspecified atom stereocenters. The maximum absolute atomic E-state index is 5.29. The topological polar surface area (TPSA) is 89.6 Å². The molecule has 0 atom stereocenters. The fraction of sp³-hybridized carbons (Fsp3) is 0. The molecule has 0 aliphatic carbocycles. The van der Waals surface area contributed by atoms with Gasteiger partial charge >= 0.3 is 0 Å². The van der Waals surface area contributed by atoms with Gasteiger partial charge in [-0.15, -0.1) is 10.2 Å². The third-order valence-electron chi connectivity index (χ3n) is 1.42. The second kappa shape index (κ2) is 4.84. The minimum absolute atomic E-state index is 0.539. The average molecular weight is 305 g/mol. The summed E-state index contributed by atoms with van der Waals surface area (Å²) in [5.41, 5.74) is 4.14. The first-order chi connectivity index (χ1) is 7.31. The first kappa shape index (κ1) is 10.7. The van der Waals surface area contributed by atoms with Gasteiger partial charge in [0.2, 0.25) is 0 Å². The highest BCUT2D eigenvalue weighted by molar-refractivity contribution is 9.10. The van der Waals surface area contributed by atoms with Crippen molar-refractivity contribution >= 4 is 44.8 Å². The van der Waals surface area contributed by atoms with Crippen molar-refractivity contribution < 1.29 is 0 Å². The van der Waals surface area contributed by atoms with E-state index in [9.17, 15) is 0 Å². The zero-order valence-electron chi connectivity index (χ0n) is 7.22. The largest absolute Gasteiger partial charge is 0.307 e. The first-order valence-corrected chi connectivity index (χ1v) is 6.21. The van der Waals surface area contributed by atoms with Crippen LogP contribution in [0.4, 0.5) is 5.82 Å². The Morgan fingerprint density at radius 2 is 2.33 bits per heavy atom. The Bertz CT molecular complexity index is 447. The molecule has 0 aromatic carbocycles. The lowest BCUT2D eigenvalue weighted by atomic mass is 10.6. The van der Waals surface area contributed by atoms with E-state index < -0.39 is 0 Å². The normalized spacial score (nSPS) is 10.3. The zero-order chi connectivity index (χ0) is 10.7. The Balaban J connectivity index is 2.29. The molecule has 2 rings (SSSR count). The van der Waals surface area contributed by atoms with Gasteiger partial charge in [0.25, 0.3) is 0 Å². The number of nitrogens with two attached hydrogens (primary N) is 1. The van der Waals surface area contributed by atoms with E-state index in [1.807, 2.05) is 0 Å². The van der Waals surface area contributed by atoms with E-state index in [1.165, 1.54) is 29.4 Å². The number of rotatable bonds is 3. The van der Waals surface area contributed by atoms with Crippen LogP contribution in [0.15, 0.2) is 25.7 Å². The van der Waals surface area contributed by atoms with E-state index in [1.54, 1.807) is 5.51 Å². The molecule has 0 aliphatic heterocycles. The lowest BCUT2D eigenvalue weighted by molar-refractivity contribution is 0.990. The van der Waals surface area contributed by atoms with Gasteiger partial charge in [0.05, 0.1) is 4.47 Å². The molecule has 3 N–H and O–H groups in total. The molecule has 15 heavy (non-hydrogen) atoms. The summed E-state index contributed by atoms with van der Waals surface area (Å²) in [5, 5.41) is 8.39. The molecular weight excluding hydrogens is 300 g/mol. The van der Waals surface area contributed by atoms with E-state index in [0.29, 0.717) is 10.3 Å². The van der Waals surface area contributed by atoms with Crippen molar-refractivity contribution in [3.05, 3.63) is 16.3 Å². The van der Waals surface area contributed by atoms with Crippen LogP contribution in [-0.4, -0.2) is 20.2 Å². The molecule has 2 aromatic heterocycles. The number of nitrogens with one attached hydrogen (secondary N) is 1. The smallest absolute Gasteiger partial charge is 0.180 e. The van der Waals surface area contributed by atoms with E-state index in [4.69, 9.17) is 5.84 Å². The molecule has 9 heteroatoms. The number of hydrazine groups is 1. The van der Waals surface area contributed by atoms with Crippen molar-refractivity contribution in [1.29, 1.82) is 0 Å². The summed E-state index contributed by atoms with van der Waals surface area (Å²) < 4.78 is 1.53. The molecule has 0 aliphatic rings. The van der Waals surface area contributed by atoms with Gasteiger partial charge in [-0.05, 0) is 27.7 Å². The van der Waals surface area contributed by atoms with Crippen LogP contribution in [0.1, 0.15) is 0 Å². The molecule has 0 bridgehead atoms. The fourth-order valence-electron chi connectivity index (χ4n) is 0.816. The van der Waals surface area contributed by atoms with Gasteiger partial charge in [0.15, 0.2) is 10.2 Å². The van der Waals surface area contributed by atoms with Gasteiger partial charge in [-0.25, -0.2) is 15.8 Å². The van der Waals surface area contributed by atoms with Gasteiger partial charge < -0.3 is 5.43 Å². The van der Waals surface area contributed by atoms with Gasteiger partial charge in [0, 0.05) is 0 Å². The summed E-state index contributed by atoms with van der Waals surface area (Å²) >= 11 is 6.20. The minimum atomic E-state index is 0.539. The lowest BCUT2D eigenvalue weighted by Crippen LogP contribution is -2.09. The van der Waals surface area contributed by atoms with Crippen LogP contribution in [0.25, 0.3) is 0 Å². The summed E-state index contributed by atoms with van der Waals surface area (Å²) in [6.07, 6.45) is 1.43. The SMILES string of the molecule is NNc1ncnc(Sc2nncs2)c1Br. The molecule has 0 spiro atoms. The molecule has 0 radical (unpaired) electrons. The van der Waals surface area contributed by atoms with Crippen LogP contribution in [0, 0.1) is 0 Å². The predicted octanol–water partition coefficient (Wildman–Crippen LogP) is 1.53. The maximum Gasteiger partial charge on any atom is 0.180 e. The first-order valence-electron chi connectivity index (χ1n) is 3.72. The molecule has 0 saturated heterocycles. The zero-order valence-corrected chi connectivity index (χ0v) is 10.4. The number of anilines is 1. The molecule has 2 heterocycles. The van der Waals surface area contributed by atoms with Crippen LogP contribution in [0.2, 0.25) is 0 Å². The number of hydrogen-bond acceptors (Lipinski definition) is 8. The maximum atomic E-state index is 5.29. The molecule has 78 valence electrons. The van der Waals surface area contributed by atoms with Gasteiger partial charge in [-0.1, -0.05) is 11.3 Å². The Hall–Kier alpha value is -0.770. The van der Waals surface area contributed by atoms with Gasteiger partial charge in [0.1, 0.15) is 16.9 Å². The Morgan fingerprint density at radius 3 is 3.00 bits per heavy atom. The van der Waals surface area contributed by atoms with Crippen LogP contribution in [0.3, 0.4) is 0 Å². The number of nitrogens with zero attached hydrogens (tertiary/aromatic N) is 4. The summed E-state index contributed by atoms with van der Waals surface area (Å²) in [4.78, 5) is 8.06. The van der Waals surface area contributed by atoms with Crippen molar-refractivity contribution in [2.75, 3.05) is 5.43 Å². The van der Waals surface area contributed by atoms with Gasteiger partial charge in [-0.3, -0.25) is 0 Å². The summed E-state index contributed by atoms with van der Waals surface area (Å²) in [6, 6.07) is 0. The number of hydrogen-bond donors (Lipinski definition) is 2. The Labute approximate surface area is 102 Å². The highest BCUT2D eigenvalue weighted by atomic mass is 79.9. The summed E-state index contributed by atoms with van der Waals surface area (Å²) in [6.45, 7) is 0. The number of halogens is 1. The van der Waals surface area contributed by atoms with Gasteiger partial charge in [-0.2, -0.15) is 0 Å². The van der Waals surface area contributed by atoms with E-state index in [-0.39, 0.29) is 0 Å². The number of aromatic nitrogens is 4. The monoisotopic (exact) mass is 304 g/mol. The summed E-state index contributed by atoms with van der Waals surface area (Å²) in [5.74, 6) is 5.83. The quantitative estimate of drug-likeness (QED) is 0.505. The molecular formula is C6H5BrN6S2. The van der Waals surface area contributed by atoms with Crippen LogP contribution < -0.4 is 11.3 Å². The third kappa shape index (κ3) is 2.43. The average Bonchev–Trinajstić information content (AvgIpc) is 2.74. The standard InChI is InChI=1S/C6H5BrN6S2/c7-3-4(12-8)9-1-10-5(3)15-6-13-11-2-14-6/h1-2H,8H2,(H,9,10,12). The van der Waals surface area contributed by atoms with E-state index >= 15 is 0 Å². The second-order valence-corrected chi connectivity index (χ2v) is 5.15. The third-order valence-corrected chi connectivity index (χ3v) is 4.21. The highest BCUT2D eigenvalue weighted by Crippen LogP contribution is 2.34. The molecule has 6 nitrogen and oxygen atoms in total. The van der Waals surface area contributed by atoms with Crippen molar-refractivity contribution in [3.63, 3.8) is 0 Å². The lowest BCUT2D eigenvalue weighted by Gasteiger charge is -2.04. The van der Waals surface area contributed by atoms with Crippen LogP contribution in [-0.2, 0) is 0 Å². The highest BCUT2D eigenvalue weighted by Gasteiger charge is 2.10. The van der Waals surface area contributed by atoms with Crippen LogP contribution in [0.5, 0.6) is 0 Å². The van der Waals surface area contributed by atoms with Crippen molar-refractivity contribution in [1.82, 2.24) is 20.2 Å². The Morgan fingerprint density at radius 1 is 1.47 bits per heavy atom. The summed E-state index contributed by atoms with van der Waals surface area (Å²) in [7, 11) is 0. The van der Waals surface area contributed by atoms with Crippen molar-refractivity contribution in [3.8, 4) is 0 Å². The predicted molar refractivity (Wildman–Crippen MR) is 61.6 cm³/mol. The molecule has 2 aromatic rings. The van der Waals surface area contributed by atoms with Crippen LogP contribution >= 0.6 is 39.0 Å².